The van der Waals surface area contributed by atoms with Crippen molar-refractivity contribution in [3.05, 3.63) is 46.2 Å². The van der Waals surface area contributed by atoms with Gasteiger partial charge in [-0.25, -0.2) is 4.68 Å². The SMILES string of the molecule is Cc1cc(Br)cc(-n2ccc(CNCC(C)C)n2)c1. The maximum absolute atomic E-state index is 4.59. The van der Waals surface area contributed by atoms with Crippen LogP contribution >= 0.6 is 15.9 Å². The molecule has 0 aliphatic carbocycles. The number of benzene rings is 1. The zero-order chi connectivity index (χ0) is 13.8. The van der Waals surface area contributed by atoms with Crippen LogP contribution < -0.4 is 5.32 Å². The van der Waals surface area contributed by atoms with Crippen molar-refractivity contribution in [2.45, 2.75) is 27.3 Å². The summed E-state index contributed by atoms with van der Waals surface area (Å²) in [6.45, 7) is 8.33. The lowest BCUT2D eigenvalue weighted by Crippen LogP contribution is -2.19. The molecule has 1 heterocycles. The van der Waals surface area contributed by atoms with Crippen molar-refractivity contribution < 1.29 is 0 Å². The van der Waals surface area contributed by atoms with E-state index in [1.807, 2.05) is 10.9 Å². The minimum Gasteiger partial charge on any atom is -0.311 e. The zero-order valence-electron chi connectivity index (χ0n) is 11.7. The molecule has 0 saturated carbocycles. The van der Waals surface area contributed by atoms with Crippen LogP contribution in [-0.2, 0) is 6.54 Å². The van der Waals surface area contributed by atoms with Gasteiger partial charge in [0, 0.05) is 17.2 Å². The highest BCUT2D eigenvalue weighted by Crippen LogP contribution is 2.18. The van der Waals surface area contributed by atoms with Crippen LogP contribution in [0.5, 0.6) is 0 Å². The normalized spacial score (nSPS) is 11.2. The summed E-state index contributed by atoms with van der Waals surface area (Å²) in [5.74, 6) is 0.662. The second-order valence-electron chi connectivity index (χ2n) is 5.26. The van der Waals surface area contributed by atoms with Gasteiger partial charge in [0.25, 0.3) is 0 Å². The molecule has 0 aliphatic heterocycles. The summed E-state index contributed by atoms with van der Waals surface area (Å²) in [6.07, 6.45) is 2.01. The van der Waals surface area contributed by atoms with Gasteiger partial charge in [-0.05, 0) is 49.2 Å². The summed E-state index contributed by atoms with van der Waals surface area (Å²) in [5, 5.41) is 8.00. The van der Waals surface area contributed by atoms with Gasteiger partial charge in [-0.1, -0.05) is 29.8 Å². The summed E-state index contributed by atoms with van der Waals surface area (Å²) in [5.41, 5.74) is 3.37. The first-order valence-electron chi connectivity index (χ1n) is 6.57. The number of hydrogen-bond donors (Lipinski definition) is 1. The van der Waals surface area contributed by atoms with Gasteiger partial charge in [-0.3, -0.25) is 0 Å². The average Bonchev–Trinajstić information content (AvgIpc) is 2.76. The molecule has 19 heavy (non-hydrogen) atoms. The molecule has 102 valence electrons. The molecular weight excluding hydrogens is 302 g/mol. The van der Waals surface area contributed by atoms with Crippen molar-refractivity contribution in [1.29, 1.82) is 0 Å². The van der Waals surface area contributed by atoms with E-state index in [2.05, 4.69) is 71.4 Å². The van der Waals surface area contributed by atoms with Crippen LogP contribution in [0.2, 0.25) is 0 Å². The standard InChI is InChI=1S/C15H20BrN3/c1-11(2)9-17-10-14-4-5-19(18-14)15-7-12(3)6-13(16)8-15/h4-8,11,17H,9-10H2,1-3H3. The first-order chi connectivity index (χ1) is 9.04. The summed E-state index contributed by atoms with van der Waals surface area (Å²) in [4.78, 5) is 0. The Morgan fingerprint density at radius 3 is 2.79 bits per heavy atom. The lowest BCUT2D eigenvalue weighted by atomic mass is 10.2. The van der Waals surface area contributed by atoms with Crippen molar-refractivity contribution in [2.75, 3.05) is 6.54 Å². The molecule has 0 unspecified atom stereocenters. The Labute approximate surface area is 123 Å². The zero-order valence-corrected chi connectivity index (χ0v) is 13.2. The molecule has 2 rings (SSSR count). The molecule has 3 nitrogen and oxygen atoms in total. The van der Waals surface area contributed by atoms with E-state index in [0.29, 0.717) is 5.92 Å². The van der Waals surface area contributed by atoms with E-state index in [4.69, 9.17) is 0 Å². The topological polar surface area (TPSA) is 29.9 Å². The van der Waals surface area contributed by atoms with Crippen molar-refractivity contribution in [3.63, 3.8) is 0 Å². The second kappa shape index (κ2) is 6.35. The van der Waals surface area contributed by atoms with Gasteiger partial charge in [0.2, 0.25) is 0 Å². The summed E-state index contributed by atoms with van der Waals surface area (Å²) < 4.78 is 3.00. The molecule has 4 heteroatoms. The number of rotatable bonds is 5. The van der Waals surface area contributed by atoms with Crippen LogP contribution in [0, 0.1) is 12.8 Å². The number of nitrogens with zero attached hydrogens (tertiary/aromatic N) is 2. The van der Waals surface area contributed by atoms with E-state index in [1.165, 1.54) is 5.56 Å². The number of halogens is 1. The fourth-order valence-electron chi connectivity index (χ4n) is 1.94. The third kappa shape index (κ3) is 4.18. The van der Waals surface area contributed by atoms with Crippen molar-refractivity contribution in [2.24, 2.45) is 5.92 Å². The minimum atomic E-state index is 0.662. The molecule has 0 radical (unpaired) electrons. The van der Waals surface area contributed by atoms with Gasteiger partial charge in [0.1, 0.15) is 0 Å². The third-order valence-electron chi connectivity index (χ3n) is 2.79. The van der Waals surface area contributed by atoms with Gasteiger partial charge < -0.3 is 5.32 Å². The summed E-state index contributed by atoms with van der Waals surface area (Å²) in [7, 11) is 0. The predicted molar refractivity (Wildman–Crippen MR) is 82.5 cm³/mol. The van der Waals surface area contributed by atoms with Crippen LogP contribution in [0.25, 0.3) is 5.69 Å². The summed E-state index contributed by atoms with van der Waals surface area (Å²) in [6, 6.07) is 8.36. The molecule has 1 aromatic heterocycles. The molecule has 0 aliphatic rings. The van der Waals surface area contributed by atoms with Crippen molar-refractivity contribution >= 4 is 15.9 Å². The van der Waals surface area contributed by atoms with Gasteiger partial charge in [0.05, 0.1) is 11.4 Å². The lowest BCUT2D eigenvalue weighted by molar-refractivity contribution is 0.546. The van der Waals surface area contributed by atoms with Crippen LogP contribution in [-0.4, -0.2) is 16.3 Å². The minimum absolute atomic E-state index is 0.662. The van der Waals surface area contributed by atoms with Crippen molar-refractivity contribution in [1.82, 2.24) is 15.1 Å². The smallest absolute Gasteiger partial charge is 0.0766 e. The maximum Gasteiger partial charge on any atom is 0.0766 e. The molecule has 0 fully saturated rings. The van der Waals surface area contributed by atoms with Crippen LogP contribution in [0.4, 0.5) is 0 Å². The number of aromatic nitrogens is 2. The van der Waals surface area contributed by atoms with Gasteiger partial charge in [0.15, 0.2) is 0 Å². The highest BCUT2D eigenvalue weighted by atomic mass is 79.9. The highest BCUT2D eigenvalue weighted by molar-refractivity contribution is 9.10. The van der Waals surface area contributed by atoms with Crippen molar-refractivity contribution in [3.8, 4) is 5.69 Å². The quantitative estimate of drug-likeness (QED) is 0.910. The van der Waals surface area contributed by atoms with E-state index in [9.17, 15) is 0 Å². The Kier molecular flexibility index (Phi) is 4.77. The lowest BCUT2D eigenvalue weighted by Gasteiger charge is -2.06. The Balaban J connectivity index is 2.07. The van der Waals surface area contributed by atoms with E-state index >= 15 is 0 Å². The number of aryl methyl sites for hydroxylation is 1. The van der Waals surface area contributed by atoms with Crippen LogP contribution in [0.15, 0.2) is 34.9 Å². The largest absolute Gasteiger partial charge is 0.311 e. The molecule has 0 amide bonds. The maximum atomic E-state index is 4.59. The second-order valence-corrected chi connectivity index (χ2v) is 6.18. The Hall–Kier alpha value is -1.13. The molecule has 0 spiro atoms. The first-order valence-corrected chi connectivity index (χ1v) is 7.37. The average molecular weight is 322 g/mol. The summed E-state index contributed by atoms with van der Waals surface area (Å²) >= 11 is 3.52. The van der Waals surface area contributed by atoms with E-state index in [0.717, 1.165) is 28.9 Å². The fourth-order valence-corrected chi connectivity index (χ4v) is 2.53. The fraction of sp³-hybridized carbons (Fsp3) is 0.400. The molecule has 1 N–H and O–H groups in total. The Morgan fingerprint density at radius 1 is 1.32 bits per heavy atom. The monoisotopic (exact) mass is 321 g/mol. The van der Waals surface area contributed by atoms with E-state index < -0.39 is 0 Å². The molecule has 0 bridgehead atoms. The number of nitrogens with one attached hydrogen (secondary N) is 1. The highest BCUT2D eigenvalue weighted by Gasteiger charge is 2.03. The Bertz CT molecular complexity index is 526. The molecule has 1 aromatic carbocycles. The third-order valence-corrected chi connectivity index (χ3v) is 3.25. The molecule has 2 aromatic rings. The first kappa shape index (κ1) is 14.3. The molecular formula is C15H20BrN3. The Morgan fingerprint density at radius 2 is 2.11 bits per heavy atom. The van der Waals surface area contributed by atoms with Gasteiger partial charge in [-0.2, -0.15) is 5.10 Å². The molecule has 0 atom stereocenters. The van der Waals surface area contributed by atoms with E-state index in [-0.39, 0.29) is 0 Å². The number of hydrogen-bond acceptors (Lipinski definition) is 2. The molecule has 0 saturated heterocycles. The van der Waals surface area contributed by atoms with Crippen LogP contribution in [0.3, 0.4) is 0 Å². The van der Waals surface area contributed by atoms with E-state index in [1.54, 1.807) is 0 Å². The van der Waals surface area contributed by atoms with Gasteiger partial charge >= 0.3 is 0 Å². The van der Waals surface area contributed by atoms with Gasteiger partial charge in [-0.15, -0.1) is 0 Å². The van der Waals surface area contributed by atoms with Crippen LogP contribution in [0.1, 0.15) is 25.1 Å². The predicted octanol–water partition coefficient (Wildman–Crippen LogP) is 3.69.